The van der Waals surface area contributed by atoms with Crippen molar-refractivity contribution < 1.29 is 20.6 Å². The Morgan fingerprint density at radius 2 is 0.882 bits per heavy atom. The molecule has 9 aromatic carbocycles. The van der Waals surface area contributed by atoms with Gasteiger partial charge in [0.25, 0.3) is 0 Å². The molecule has 0 aromatic heterocycles. The fourth-order valence-corrected chi connectivity index (χ4v) is 6.27. The zero-order valence-corrected chi connectivity index (χ0v) is 27.0. The standard InChI is InChI=1S/C50H35N/c1-3-12-36(13-4-1)37-22-24-38(25-23-37)39-26-31-44(32-27-39)51(49-21-11-18-40-14-7-9-19-46(40)49)45-33-28-42(29-34-45)48-35-30-41-15-8-10-20-47(41)50(48)43-16-5-2-6-17-43/h1-35H/i7D,9D,11D,14D,18D,19D,21D,26D,27D,28D,29D,31D,32D,33D,34D. The van der Waals surface area contributed by atoms with E-state index in [0.29, 0.717) is 16.7 Å². The van der Waals surface area contributed by atoms with Crippen LogP contribution in [0.1, 0.15) is 20.6 Å². The van der Waals surface area contributed by atoms with Crippen LogP contribution in [0.5, 0.6) is 0 Å². The number of nitrogens with zero attached hydrogens (tertiary/aromatic N) is 1. The number of hydrogen-bond donors (Lipinski definition) is 0. The summed E-state index contributed by atoms with van der Waals surface area (Å²) in [5, 5.41) is 0.565. The molecule has 0 amide bonds. The molecule has 0 fully saturated rings. The highest BCUT2D eigenvalue weighted by atomic mass is 15.1. The van der Waals surface area contributed by atoms with E-state index in [1.165, 1.54) is 0 Å². The second kappa shape index (κ2) is 13.3. The third-order valence-electron chi connectivity index (χ3n) is 8.73. The molecule has 0 N–H and O–H groups in total. The van der Waals surface area contributed by atoms with Gasteiger partial charge in [0.2, 0.25) is 0 Å². The zero-order chi connectivity index (χ0) is 47.0. The zero-order valence-electron chi connectivity index (χ0n) is 42.0. The highest BCUT2D eigenvalue weighted by molar-refractivity contribution is 6.04. The third kappa shape index (κ3) is 5.86. The smallest absolute Gasteiger partial charge is 0.0645 e. The van der Waals surface area contributed by atoms with E-state index < -0.39 is 118 Å². The van der Waals surface area contributed by atoms with E-state index in [9.17, 15) is 12.3 Å². The average Bonchev–Trinajstić information content (AvgIpc) is 3.33. The second-order valence-corrected chi connectivity index (χ2v) is 11.8. The highest BCUT2D eigenvalue weighted by Gasteiger charge is 2.17. The largest absolute Gasteiger partial charge is 0.310 e. The monoisotopic (exact) mass is 664 g/mol. The molecule has 1 heteroatoms. The summed E-state index contributed by atoms with van der Waals surface area (Å²) < 4.78 is 139. The van der Waals surface area contributed by atoms with Crippen molar-refractivity contribution in [3.8, 4) is 44.5 Å². The summed E-state index contributed by atoms with van der Waals surface area (Å²) in [5.74, 6) is 0. The lowest BCUT2D eigenvalue weighted by molar-refractivity contribution is 1.30. The fourth-order valence-electron chi connectivity index (χ4n) is 6.27. The van der Waals surface area contributed by atoms with E-state index in [2.05, 4.69) is 0 Å². The molecular formula is C50H35N. The SMILES string of the molecule is [2H]c1c([2H])c(N(c2c([2H])c([2H])c(-c3ccc4ccccc4c3-c3ccccc3)c([2H])c2[2H])c2c([2H])c([2H])c([2H])c3c([2H])c([2H])c([2H])c([2H])c23)c([2H])c([2H])c1-c1ccc(-c2ccccc2)cc1. The first-order chi connectivity index (χ1) is 31.6. The molecule has 51 heavy (non-hydrogen) atoms. The van der Waals surface area contributed by atoms with Crippen LogP contribution >= 0.6 is 0 Å². The van der Waals surface area contributed by atoms with E-state index in [1.807, 2.05) is 84.9 Å². The normalized spacial score (nSPS) is 15.3. The summed E-state index contributed by atoms with van der Waals surface area (Å²) in [6.07, 6.45) is 0. The van der Waals surface area contributed by atoms with Gasteiger partial charge in [-0.15, -0.1) is 0 Å². The summed E-state index contributed by atoms with van der Waals surface area (Å²) >= 11 is 0. The maximum atomic E-state index is 9.71. The van der Waals surface area contributed by atoms with Crippen LogP contribution in [0.2, 0.25) is 0 Å². The van der Waals surface area contributed by atoms with Gasteiger partial charge in [-0.3, -0.25) is 0 Å². The van der Waals surface area contributed by atoms with E-state index in [4.69, 9.17) is 8.22 Å². The molecule has 0 spiro atoms. The molecule has 9 rings (SSSR count). The molecule has 0 aliphatic heterocycles. The summed E-state index contributed by atoms with van der Waals surface area (Å²) in [5.41, 5.74) is 1.46. The Hall–Kier alpha value is -6.70. The predicted octanol–water partition coefficient (Wildman–Crippen LogP) is 14.1. The van der Waals surface area contributed by atoms with Gasteiger partial charge in [0, 0.05) is 16.8 Å². The Labute approximate surface area is 320 Å². The maximum Gasteiger partial charge on any atom is 0.0645 e. The van der Waals surface area contributed by atoms with Crippen molar-refractivity contribution in [1.29, 1.82) is 0 Å². The van der Waals surface area contributed by atoms with Gasteiger partial charge in [-0.05, 0) is 90.9 Å². The molecule has 240 valence electrons. The highest BCUT2D eigenvalue weighted by Crippen LogP contribution is 2.42. The third-order valence-corrected chi connectivity index (χ3v) is 8.73. The van der Waals surface area contributed by atoms with E-state index in [0.717, 1.165) is 32.4 Å². The van der Waals surface area contributed by atoms with Crippen LogP contribution in [0.4, 0.5) is 17.1 Å². The van der Waals surface area contributed by atoms with Crippen molar-refractivity contribution in [2.75, 3.05) is 4.90 Å². The Morgan fingerprint density at radius 3 is 1.59 bits per heavy atom. The Kier molecular flexibility index (Phi) is 4.79. The lowest BCUT2D eigenvalue weighted by atomic mass is 9.90. The van der Waals surface area contributed by atoms with Crippen LogP contribution in [0.25, 0.3) is 66.1 Å². The first-order valence-electron chi connectivity index (χ1n) is 23.8. The average molecular weight is 665 g/mol. The molecule has 0 aliphatic rings. The second-order valence-electron chi connectivity index (χ2n) is 11.8. The molecule has 0 saturated carbocycles. The maximum absolute atomic E-state index is 9.71. The molecule has 0 bridgehead atoms. The van der Waals surface area contributed by atoms with Gasteiger partial charge in [-0.25, -0.2) is 0 Å². The molecule has 0 unspecified atom stereocenters. The van der Waals surface area contributed by atoms with Gasteiger partial charge in [0.05, 0.1) is 26.2 Å². The number of fused-ring (bicyclic) bond motifs is 2. The van der Waals surface area contributed by atoms with E-state index in [-0.39, 0.29) is 11.1 Å². The minimum absolute atomic E-state index is 0.117. The molecule has 0 aliphatic carbocycles. The number of anilines is 3. The lowest BCUT2D eigenvalue weighted by Crippen LogP contribution is -2.10. The van der Waals surface area contributed by atoms with Crippen molar-refractivity contribution in [3.05, 3.63) is 212 Å². The fraction of sp³-hybridized carbons (Fsp3) is 0. The van der Waals surface area contributed by atoms with Crippen LogP contribution in [0, 0.1) is 0 Å². The van der Waals surface area contributed by atoms with Gasteiger partial charge < -0.3 is 4.90 Å². The van der Waals surface area contributed by atoms with Crippen molar-refractivity contribution in [1.82, 2.24) is 0 Å². The van der Waals surface area contributed by atoms with E-state index in [1.54, 1.807) is 36.4 Å². The van der Waals surface area contributed by atoms with Gasteiger partial charge in [0.1, 0.15) is 0 Å². The number of hydrogen-bond acceptors (Lipinski definition) is 1. The summed E-state index contributed by atoms with van der Waals surface area (Å²) in [6, 6.07) is 25.7. The first-order valence-corrected chi connectivity index (χ1v) is 16.3. The lowest BCUT2D eigenvalue weighted by Gasteiger charge is -2.27. The first kappa shape index (κ1) is 18.3. The Bertz CT molecular complexity index is 3400. The van der Waals surface area contributed by atoms with Gasteiger partial charge >= 0.3 is 0 Å². The Morgan fingerprint density at radius 1 is 0.333 bits per heavy atom. The van der Waals surface area contributed by atoms with Crippen LogP contribution < -0.4 is 4.90 Å². The molecule has 0 heterocycles. The van der Waals surface area contributed by atoms with Crippen LogP contribution in [0.3, 0.4) is 0 Å². The molecule has 0 radical (unpaired) electrons. The Balaban J connectivity index is 1.39. The molecule has 0 atom stereocenters. The van der Waals surface area contributed by atoms with Crippen molar-refractivity contribution in [3.63, 3.8) is 0 Å². The van der Waals surface area contributed by atoms with Crippen molar-refractivity contribution in [2.24, 2.45) is 0 Å². The van der Waals surface area contributed by atoms with Crippen LogP contribution in [-0.4, -0.2) is 0 Å². The minimum atomic E-state index is -0.864. The molecule has 1 nitrogen and oxygen atoms in total. The minimum Gasteiger partial charge on any atom is -0.310 e. The molecule has 9 aromatic rings. The van der Waals surface area contributed by atoms with Crippen LogP contribution in [-0.2, 0) is 0 Å². The summed E-state index contributed by atoms with van der Waals surface area (Å²) in [7, 11) is 0. The van der Waals surface area contributed by atoms with Gasteiger partial charge in [-0.2, -0.15) is 0 Å². The summed E-state index contributed by atoms with van der Waals surface area (Å²) in [6.45, 7) is 0. The van der Waals surface area contributed by atoms with Crippen LogP contribution in [0.15, 0.2) is 212 Å². The molecule has 0 saturated heterocycles. The van der Waals surface area contributed by atoms with Crippen molar-refractivity contribution >= 4 is 38.6 Å². The summed E-state index contributed by atoms with van der Waals surface area (Å²) in [4.78, 5) is 0.773. The predicted molar refractivity (Wildman–Crippen MR) is 218 cm³/mol. The quantitative estimate of drug-likeness (QED) is 0.164. The molecular weight excluding hydrogens is 615 g/mol. The van der Waals surface area contributed by atoms with Gasteiger partial charge in [-0.1, -0.05) is 182 Å². The van der Waals surface area contributed by atoms with E-state index >= 15 is 0 Å². The number of benzene rings is 9. The van der Waals surface area contributed by atoms with Gasteiger partial charge in [0.15, 0.2) is 0 Å². The van der Waals surface area contributed by atoms with Crippen molar-refractivity contribution in [2.45, 2.75) is 0 Å². The topological polar surface area (TPSA) is 3.24 Å². The number of rotatable bonds is 7.